The maximum absolute atomic E-state index is 13.2. The predicted molar refractivity (Wildman–Crippen MR) is 195 cm³/mol. The molecule has 0 radical (unpaired) electrons. The van der Waals surface area contributed by atoms with E-state index in [0.29, 0.717) is 25.4 Å². The molecule has 3 aliphatic rings. The minimum Gasteiger partial charge on any atom is -0.465 e. The molecule has 0 aromatic rings. The van der Waals surface area contributed by atoms with Crippen molar-refractivity contribution in [2.45, 2.75) is 174 Å². The molecule has 1 heterocycles. The van der Waals surface area contributed by atoms with Crippen LogP contribution < -0.4 is 0 Å². The van der Waals surface area contributed by atoms with Crippen LogP contribution in [0.2, 0.25) is 0 Å². The summed E-state index contributed by atoms with van der Waals surface area (Å²) in [5.74, 6) is 0.588. The summed E-state index contributed by atoms with van der Waals surface area (Å²) in [5.41, 5.74) is 0.0592. The first kappa shape index (κ1) is 41.6. The van der Waals surface area contributed by atoms with Gasteiger partial charge in [0.1, 0.15) is 19.8 Å². The summed E-state index contributed by atoms with van der Waals surface area (Å²) in [7, 11) is 0. The topological polar surface area (TPSA) is 91.4 Å². The van der Waals surface area contributed by atoms with Crippen molar-refractivity contribution < 1.29 is 33.3 Å². The number of hydrogen-bond donors (Lipinski definition) is 0. The van der Waals surface area contributed by atoms with Gasteiger partial charge in [0, 0.05) is 13.0 Å². The van der Waals surface area contributed by atoms with Gasteiger partial charge in [0.05, 0.1) is 18.9 Å². The second-order valence-corrected chi connectivity index (χ2v) is 15.9. The van der Waals surface area contributed by atoms with Crippen molar-refractivity contribution in [3.05, 3.63) is 0 Å². The van der Waals surface area contributed by atoms with Gasteiger partial charge < -0.3 is 23.8 Å². The second kappa shape index (κ2) is 25.2. The Balaban J connectivity index is 1.36. The van der Waals surface area contributed by atoms with Gasteiger partial charge in [-0.15, -0.1) is 0 Å². The van der Waals surface area contributed by atoms with Gasteiger partial charge in [0.2, 0.25) is 0 Å². The summed E-state index contributed by atoms with van der Waals surface area (Å²) in [5, 5.41) is 0. The lowest BCUT2D eigenvalue weighted by Gasteiger charge is -2.48. The van der Waals surface area contributed by atoms with E-state index in [0.717, 1.165) is 70.5 Å². The Bertz CT molecular complexity index is 906. The standard InChI is InChI=1S/C41H73NO7/c1-3-5-6-7-8-9-10-11-12-13-14-15-22-38(43)47-32-37(34-49-40(45)46-27-19-26-42-24-16-17-25-42)33-48-39(44)31-41-23-18-21-36(30-41)28-35(29-41)20-4-2/h35-37H,3-34H2,1-2H3/t35-,36+,37?,41?/m1/s1. The van der Waals surface area contributed by atoms with Crippen molar-refractivity contribution in [3.8, 4) is 0 Å². The van der Waals surface area contributed by atoms with Crippen molar-refractivity contribution >= 4 is 18.1 Å². The van der Waals surface area contributed by atoms with E-state index in [1.807, 2.05) is 0 Å². The average molecular weight is 692 g/mol. The van der Waals surface area contributed by atoms with Crippen molar-refractivity contribution in [2.75, 3.05) is 46.1 Å². The highest BCUT2D eigenvalue weighted by Crippen LogP contribution is 2.53. The molecular formula is C41H73NO7. The normalized spacial score (nSPS) is 22.8. The van der Waals surface area contributed by atoms with Crippen LogP contribution in [0, 0.1) is 23.2 Å². The van der Waals surface area contributed by atoms with Gasteiger partial charge in [-0.05, 0) is 81.7 Å². The lowest BCUT2D eigenvalue weighted by atomic mass is 9.57. The minimum atomic E-state index is -0.725. The van der Waals surface area contributed by atoms with Crippen LogP contribution in [-0.4, -0.2) is 69.1 Å². The monoisotopic (exact) mass is 692 g/mol. The number of carbonyl (C=O) groups is 3. The summed E-state index contributed by atoms with van der Waals surface area (Å²) in [6.45, 7) is 8.07. The summed E-state index contributed by atoms with van der Waals surface area (Å²) in [4.78, 5) is 40.5. The molecule has 3 rings (SSSR count). The number of hydrogen-bond acceptors (Lipinski definition) is 8. The molecule has 0 spiro atoms. The van der Waals surface area contributed by atoms with E-state index < -0.39 is 12.1 Å². The molecule has 49 heavy (non-hydrogen) atoms. The zero-order valence-electron chi connectivity index (χ0n) is 31.7. The predicted octanol–water partition coefficient (Wildman–Crippen LogP) is 10.2. The second-order valence-electron chi connectivity index (χ2n) is 15.9. The molecule has 3 fully saturated rings. The molecule has 8 nitrogen and oxygen atoms in total. The van der Waals surface area contributed by atoms with E-state index in [9.17, 15) is 14.4 Å². The molecule has 0 N–H and O–H groups in total. The molecule has 0 aromatic heterocycles. The Kier molecular flexibility index (Phi) is 21.4. The lowest BCUT2D eigenvalue weighted by Crippen LogP contribution is -2.39. The zero-order chi connectivity index (χ0) is 35.0. The van der Waals surface area contributed by atoms with Gasteiger partial charge in [-0.25, -0.2) is 4.79 Å². The van der Waals surface area contributed by atoms with Crippen molar-refractivity contribution in [1.82, 2.24) is 4.90 Å². The van der Waals surface area contributed by atoms with Crippen LogP contribution in [0.25, 0.3) is 0 Å². The number of rotatable bonds is 27. The smallest absolute Gasteiger partial charge is 0.465 e. The lowest BCUT2D eigenvalue weighted by molar-refractivity contribution is -0.153. The maximum Gasteiger partial charge on any atom is 0.508 e. The molecule has 1 saturated heterocycles. The maximum atomic E-state index is 13.2. The van der Waals surface area contributed by atoms with Gasteiger partial charge in [-0.3, -0.25) is 9.59 Å². The number of esters is 2. The summed E-state index contributed by atoms with van der Waals surface area (Å²) < 4.78 is 22.1. The van der Waals surface area contributed by atoms with Gasteiger partial charge in [-0.1, -0.05) is 110 Å². The Labute approximate surface area is 299 Å². The molecule has 2 bridgehead atoms. The average Bonchev–Trinajstić information content (AvgIpc) is 3.60. The van der Waals surface area contributed by atoms with E-state index in [1.54, 1.807) is 0 Å². The van der Waals surface area contributed by atoms with Gasteiger partial charge in [-0.2, -0.15) is 0 Å². The third-order valence-corrected chi connectivity index (χ3v) is 11.3. The highest BCUT2D eigenvalue weighted by Gasteiger charge is 2.44. The Hall–Kier alpha value is -1.83. The van der Waals surface area contributed by atoms with Crippen LogP contribution in [0.5, 0.6) is 0 Å². The van der Waals surface area contributed by atoms with E-state index >= 15 is 0 Å². The van der Waals surface area contributed by atoms with Crippen molar-refractivity contribution in [2.24, 2.45) is 23.2 Å². The van der Waals surface area contributed by atoms with Crippen molar-refractivity contribution in [3.63, 3.8) is 0 Å². The number of nitrogens with zero attached hydrogens (tertiary/aromatic N) is 1. The van der Waals surface area contributed by atoms with Crippen LogP contribution in [0.1, 0.15) is 174 Å². The summed E-state index contributed by atoms with van der Waals surface area (Å²) in [6.07, 6.45) is 27.9. The first-order chi connectivity index (χ1) is 23.9. The largest absolute Gasteiger partial charge is 0.508 e. The number of fused-ring (bicyclic) bond motifs is 2. The fourth-order valence-corrected chi connectivity index (χ4v) is 8.78. The molecule has 2 unspecified atom stereocenters. The van der Waals surface area contributed by atoms with Crippen LogP contribution in [-0.2, 0) is 28.5 Å². The van der Waals surface area contributed by atoms with Gasteiger partial charge in [0.25, 0.3) is 0 Å². The van der Waals surface area contributed by atoms with E-state index in [1.165, 1.54) is 103 Å². The van der Waals surface area contributed by atoms with Crippen LogP contribution in [0.15, 0.2) is 0 Å². The molecular weight excluding hydrogens is 618 g/mol. The fraction of sp³-hybridized carbons (Fsp3) is 0.927. The number of ether oxygens (including phenoxy) is 4. The van der Waals surface area contributed by atoms with E-state index in [2.05, 4.69) is 18.7 Å². The third kappa shape index (κ3) is 18.3. The SMILES string of the molecule is CCCCCCCCCCCCCCC(=O)OCC(COC(=O)CC12CCC[C@@H](C[C@@H](CCC)C1)C2)COC(=O)OCCCN1CCCC1. The molecule has 4 atom stereocenters. The summed E-state index contributed by atoms with van der Waals surface area (Å²) >= 11 is 0. The molecule has 2 aliphatic carbocycles. The summed E-state index contributed by atoms with van der Waals surface area (Å²) in [6, 6.07) is 0. The van der Waals surface area contributed by atoms with Crippen LogP contribution >= 0.6 is 0 Å². The minimum absolute atomic E-state index is 0.0179. The zero-order valence-corrected chi connectivity index (χ0v) is 31.7. The molecule has 1 aliphatic heterocycles. The Morgan fingerprint density at radius 3 is 2.00 bits per heavy atom. The molecule has 2 saturated carbocycles. The van der Waals surface area contributed by atoms with Gasteiger partial charge in [0.15, 0.2) is 0 Å². The Morgan fingerprint density at radius 2 is 1.33 bits per heavy atom. The quantitative estimate of drug-likeness (QED) is 0.0478. The first-order valence-corrected chi connectivity index (χ1v) is 20.7. The highest BCUT2D eigenvalue weighted by atomic mass is 16.7. The third-order valence-electron chi connectivity index (χ3n) is 11.3. The van der Waals surface area contributed by atoms with Gasteiger partial charge >= 0.3 is 18.1 Å². The van der Waals surface area contributed by atoms with Crippen LogP contribution in [0.3, 0.4) is 0 Å². The number of unbranched alkanes of at least 4 members (excludes halogenated alkanes) is 11. The first-order valence-electron chi connectivity index (χ1n) is 20.7. The Morgan fingerprint density at radius 1 is 0.694 bits per heavy atom. The fourth-order valence-electron chi connectivity index (χ4n) is 8.78. The van der Waals surface area contributed by atoms with E-state index in [4.69, 9.17) is 18.9 Å². The number of likely N-dealkylation sites (tertiary alicyclic amines) is 1. The molecule has 284 valence electrons. The van der Waals surface area contributed by atoms with E-state index in [-0.39, 0.29) is 37.2 Å². The highest BCUT2D eigenvalue weighted by molar-refractivity contribution is 5.70. The molecule has 0 amide bonds. The van der Waals surface area contributed by atoms with Crippen molar-refractivity contribution in [1.29, 1.82) is 0 Å². The molecule has 8 heteroatoms. The molecule has 0 aromatic carbocycles. The van der Waals surface area contributed by atoms with Crippen LogP contribution in [0.4, 0.5) is 4.79 Å². The number of carbonyl (C=O) groups excluding carboxylic acids is 3.